The normalized spacial score (nSPS) is 12.9. The maximum absolute atomic E-state index is 6.48. The third-order valence-corrected chi connectivity index (χ3v) is 10.8. The molecule has 2 unspecified atom stereocenters. The second kappa shape index (κ2) is 24.2. The first-order valence-electron chi connectivity index (χ1n) is 19.7. The average Bonchev–Trinajstić information content (AvgIpc) is 3.52. The first-order chi connectivity index (χ1) is 24.9. The van der Waals surface area contributed by atoms with Crippen LogP contribution in [0.25, 0.3) is 0 Å². The summed E-state index contributed by atoms with van der Waals surface area (Å²) >= 11 is 7.75. The van der Waals surface area contributed by atoms with Crippen molar-refractivity contribution in [2.24, 2.45) is 32.3 Å². The van der Waals surface area contributed by atoms with Crippen molar-refractivity contribution in [1.29, 1.82) is 0 Å². The van der Waals surface area contributed by atoms with Crippen molar-refractivity contribution in [3.05, 3.63) is 47.1 Å². The minimum atomic E-state index is 0.265. The van der Waals surface area contributed by atoms with Crippen LogP contribution in [0.4, 0.5) is 32.9 Å². The van der Waals surface area contributed by atoms with Gasteiger partial charge in [-0.05, 0) is 67.7 Å². The van der Waals surface area contributed by atoms with Gasteiger partial charge in [-0.3, -0.25) is 0 Å². The average molecular weight is 739 g/mol. The number of hydrogen-bond donors (Lipinski definition) is 1. The SMILES string of the molecule is CCCCCNc1cc(N(CC(CC)CCCC)CC(CC)CCCC)c(OC)cc1/N=N/c1nc(Cl)c(N=Nc2ccc(CCCC)cc2)s1. The fourth-order valence-electron chi connectivity index (χ4n) is 6.22. The molecule has 0 bridgehead atoms. The number of aryl methyl sites for hydroxylation is 1. The lowest BCUT2D eigenvalue weighted by molar-refractivity contribution is 0.390. The number of nitrogens with one attached hydrogen (secondary N) is 1. The van der Waals surface area contributed by atoms with E-state index in [1.54, 1.807) is 7.11 Å². The number of benzene rings is 2. The Balaban J connectivity index is 1.95. The van der Waals surface area contributed by atoms with Crippen molar-refractivity contribution in [3.8, 4) is 5.75 Å². The lowest BCUT2D eigenvalue weighted by Crippen LogP contribution is -2.34. The summed E-state index contributed by atoms with van der Waals surface area (Å²) in [6.07, 6.45) is 16.6. The van der Waals surface area contributed by atoms with E-state index in [0.29, 0.717) is 27.7 Å². The zero-order valence-electron chi connectivity index (χ0n) is 32.5. The van der Waals surface area contributed by atoms with Gasteiger partial charge >= 0.3 is 0 Å². The van der Waals surface area contributed by atoms with Gasteiger partial charge in [0.15, 0.2) is 10.2 Å². The monoisotopic (exact) mass is 737 g/mol. The maximum Gasteiger partial charge on any atom is 0.233 e. The van der Waals surface area contributed by atoms with E-state index < -0.39 is 0 Å². The van der Waals surface area contributed by atoms with Crippen LogP contribution in [-0.4, -0.2) is 31.7 Å². The number of nitrogens with zero attached hydrogens (tertiary/aromatic N) is 6. The number of ether oxygens (including phenoxy) is 1. The van der Waals surface area contributed by atoms with E-state index in [1.165, 1.54) is 87.5 Å². The maximum atomic E-state index is 6.48. The number of methoxy groups -OCH3 is 1. The van der Waals surface area contributed by atoms with Crippen LogP contribution >= 0.6 is 22.9 Å². The molecule has 0 radical (unpaired) electrons. The highest BCUT2D eigenvalue weighted by Crippen LogP contribution is 2.42. The van der Waals surface area contributed by atoms with Crippen LogP contribution in [0.15, 0.2) is 56.9 Å². The number of aromatic nitrogens is 1. The molecule has 8 nitrogen and oxygen atoms in total. The third kappa shape index (κ3) is 14.5. The van der Waals surface area contributed by atoms with Gasteiger partial charge in [-0.25, -0.2) is 4.98 Å². The summed E-state index contributed by atoms with van der Waals surface area (Å²) in [4.78, 5) is 7.03. The van der Waals surface area contributed by atoms with E-state index >= 15 is 0 Å². The van der Waals surface area contributed by atoms with E-state index in [2.05, 4.69) is 90.3 Å². The molecule has 0 fully saturated rings. The summed E-state index contributed by atoms with van der Waals surface area (Å²) < 4.78 is 6.10. The van der Waals surface area contributed by atoms with Crippen molar-refractivity contribution in [3.63, 3.8) is 0 Å². The summed E-state index contributed by atoms with van der Waals surface area (Å²) in [7, 11) is 1.76. The molecule has 0 aliphatic carbocycles. The molecule has 10 heteroatoms. The van der Waals surface area contributed by atoms with Gasteiger partial charge in [0.2, 0.25) is 5.13 Å². The quantitative estimate of drug-likeness (QED) is 0.0656. The van der Waals surface area contributed by atoms with Gasteiger partial charge in [-0.15, -0.1) is 20.5 Å². The van der Waals surface area contributed by atoms with E-state index in [4.69, 9.17) is 21.5 Å². The van der Waals surface area contributed by atoms with Crippen molar-refractivity contribution in [1.82, 2.24) is 4.98 Å². The Morgan fingerprint density at radius 3 is 2.02 bits per heavy atom. The van der Waals surface area contributed by atoms with Crippen LogP contribution in [0.3, 0.4) is 0 Å². The summed E-state index contributed by atoms with van der Waals surface area (Å²) in [6.45, 7) is 16.6. The molecule has 3 aromatic rings. The molecule has 51 heavy (non-hydrogen) atoms. The molecule has 0 saturated carbocycles. The number of halogens is 1. The highest BCUT2D eigenvalue weighted by atomic mass is 35.5. The van der Waals surface area contributed by atoms with Gasteiger partial charge in [0.1, 0.15) is 11.4 Å². The Morgan fingerprint density at radius 1 is 0.784 bits per heavy atom. The summed E-state index contributed by atoms with van der Waals surface area (Å²) in [6, 6.07) is 12.4. The smallest absolute Gasteiger partial charge is 0.233 e. The lowest BCUT2D eigenvalue weighted by atomic mass is 9.95. The number of rotatable bonds is 26. The van der Waals surface area contributed by atoms with Crippen LogP contribution < -0.4 is 15.0 Å². The van der Waals surface area contributed by atoms with Crippen molar-refractivity contribution in [2.75, 3.05) is 37.0 Å². The molecule has 1 heterocycles. The second-order valence-corrected chi connectivity index (χ2v) is 15.0. The van der Waals surface area contributed by atoms with Gasteiger partial charge in [0.05, 0.1) is 24.2 Å². The highest BCUT2D eigenvalue weighted by molar-refractivity contribution is 7.19. The van der Waals surface area contributed by atoms with Crippen molar-refractivity contribution < 1.29 is 4.74 Å². The van der Waals surface area contributed by atoms with Crippen LogP contribution in [0.1, 0.15) is 131 Å². The molecule has 0 saturated heterocycles. The summed E-state index contributed by atoms with van der Waals surface area (Å²) in [5.41, 5.74) is 4.86. The number of unbranched alkanes of at least 4 members (excludes halogenated alkanes) is 5. The number of hydrogen-bond acceptors (Lipinski definition) is 9. The van der Waals surface area contributed by atoms with Crippen LogP contribution in [0.2, 0.25) is 5.15 Å². The molecule has 0 aliphatic heterocycles. The van der Waals surface area contributed by atoms with Gasteiger partial charge < -0.3 is 15.0 Å². The minimum Gasteiger partial charge on any atom is -0.494 e. The van der Waals surface area contributed by atoms with Gasteiger partial charge in [0, 0.05) is 25.7 Å². The molecule has 2 atom stereocenters. The van der Waals surface area contributed by atoms with Crippen LogP contribution in [0.5, 0.6) is 5.75 Å². The van der Waals surface area contributed by atoms with E-state index in [1.807, 2.05) is 18.2 Å². The Labute approximate surface area is 318 Å². The zero-order chi connectivity index (χ0) is 36.8. The van der Waals surface area contributed by atoms with Gasteiger partial charge in [0.25, 0.3) is 0 Å². The fraction of sp³-hybridized carbons (Fsp3) is 0.634. The van der Waals surface area contributed by atoms with E-state index in [-0.39, 0.29) is 5.15 Å². The van der Waals surface area contributed by atoms with Gasteiger partial charge in [-0.1, -0.05) is 134 Å². The zero-order valence-corrected chi connectivity index (χ0v) is 34.1. The second-order valence-electron chi connectivity index (χ2n) is 13.7. The Hall–Kier alpha value is -3.04. The van der Waals surface area contributed by atoms with Crippen molar-refractivity contribution >= 4 is 55.8 Å². The van der Waals surface area contributed by atoms with E-state index in [9.17, 15) is 0 Å². The molecule has 0 aliphatic rings. The highest BCUT2D eigenvalue weighted by Gasteiger charge is 2.22. The minimum absolute atomic E-state index is 0.265. The molecule has 0 amide bonds. The standard InChI is InChI=1S/C41H64ClN7OS/c1-8-14-18-26-43-35-27-37(49(29-31(12-5)19-15-9-2)30-32(13-6)20-16-10-3)38(50-7)28-36(35)46-48-41-44-39(42)40(51-41)47-45-34-24-22-33(23-25-34)21-17-11-4/h22-25,27-28,31-32,43H,8-21,26,29-30H2,1-7H3/b47-45?,48-46+. The number of azo groups is 2. The molecule has 282 valence electrons. The van der Waals surface area contributed by atoms with Crippen molar-refractivity contribution in [2.45, 2.75) is 131 Å². The number of thiazole rings is 1. The van der Waals surface area contributed by atoms with Crippen LogP contribution in [-0.2, 0) is 6.42 Å². The molecular formula is C41H64ClN7OS. The van der Waals surface area contributed by atoms with E-state index in [0.717, 1.165) is 61.7 Å². The topological polar surface area (TPSA) is 86.8 Å². The summed E-state index contributed by atoms with van der Waals surface area (Å²) in [5, 5.41) is 22.9. The predicted octanol–water partition coefficient (Wildman–Crippen LogP) is 14.8. The third-order valence-electron chi connectivity index (χ3n) is 9.59. The Bertz CT molecular complexity index is 1440. The molecule has 3 rings (SSSR count). The fourth-order valence-corrected chi connectivity index (χ4v) is 7.10. The Morgan fingerprint density at radius 2 is 1.43 bits per heavy atom. The number of anilines is 2. The molecule has 0 spiro atoms. The predicted molar refractivity (Wildman–Crippen MR) is 220 cm³/mol. The first-order valence-corrected chi connectivity index (χ1v) is 20.9. The van der Waals surface area contributed by atoms with Gasteiger partial charge in [-0.2, -0.15) is 0 Å². The van der Waals surface area contributed by atoms with Crippen LogP contribution in [0, 0.1) is 11.8 Å². The largest absolute Gasteiger partial charge is 0.494 e. The molecule has 1 N–H and O–H groups in total. The lowest BCUT2D eigenvalue weighted by Gasteiger charge is -2.34. The molecule has 2 aromatic carbocycles. The molecule has 1 aromatic heterocycles. The summed E-state index contributed by atoms with van der Waals surface area (Å²) in [5.74, 6) is 2.07. The Kier molecular flexibility index (Phi) is 20.1. The first kappa shape index (κ1) is 42.4. The molecular weight excluding hydrogens is 674 g/mol.